The summed E-state index contributed by atoms with van der Waals surface area (Å²) >= 11 is 0. The van der Waals surface area contributed by atoms with Crippen LogP contribution in [0.1, 0.15) is 45.4 Å². The van der Waals surface area contributed by atoms with E-state index in [1.807, 2.05) is 13.0 Å². The fourth-order valence-electron chi connectivity index (χ4n) is 2.28. The number of rotatable bonds is 7. The van der Waals surface area contributed by atoms with Gasteiger partial charge in [0.05, 0.1) is 0 Å². The van der Waals surface area contributed by atoms with Crippen molar-refractivity contribution in [1.29, 1.82) is 0 Å². The molecule has 0 spiro atoms. The van der Waals surface area contributed by atoms with E-state index in [1.165, 1.54) is 19.3 Å². The molecule has 4 heteroatoms. The van der Waals surface area contributed by atoms with Crippen molar-refractivity contribution in [2.24, 2.45) is 0 Å². The van der Waals surface area contributed by atoms with Gasteiger partial charge in [-0.25, -0.2) is 4.98 Å². The molecule has 0 bridgehead atoms. The van der Waals surface area contributed by atoms with Gasteiger partial charge in [-0.05, 0) is 31.9 Å². The second-order valence-electron chi connectivity index (χ2n) is 5.22. The number of hydrogen-bond acceptors (Lipinski definition) is 3. The maximum atomic E-state index is 4.38. The van der Waals surface area contributed by atoms with E-state index in [9.17, 15) is 0 Å². The fraction of sp³-hybridized carbons (Fsp3) is 0.500. The summed E-state index contributed by atoms with van der Waals surface area (Å²) < 4.78 is 0. The van der Waals surface area contributed by atoms with Crippen LogP contribution >= 0.6 is 0 Å². The lowest BCUT2D eigenvalue weighted by Crippen LogP contribution is -2.18. The van der Waals surface area contributed by atoms with Crippen molar-refractivity contribution in [2.75, 3.05) is 5.32 Å². The van der Waals surface area contributed by atoms with Crippen molar-refractivity contribution in [1.82, 2.24) is 15.2 Å². The van der Waals surface area contributed by atoms with Gasteiger partial charge in [0.15, 0.2) is 5.82 Å². The summed E-state index contributed by atoms with van der Waals surface area (Å²) in [5.41, 5.74) is 2.19. The molecule has 0 fully saturated rings. The van der Waals surface area contributed by atoms with E-state index in [1.54, 1.807) is 0 Å². The Bertz CT molecular complexity index is 533. The van der Waals surface area contributed by atoms with Crippen molar-refractivity contribution in [3.8, 4) is 11.4 Å². The Balaban J connectivity index is 2.09. The second-order valence-corrected chi connectivity index (χ2v) is 5.22. The largest absolute Gasteiger partial charge is 0.382 e. The highest BCUT2D eigenvalue weighted by Crippen LogP contribution is 2.21. The fourth-order valence-corrected chi connectivity index (χ4v) is 2.28. The third-order valence-corrected chi connectivity index (χ3v) is 3.49. The lowest BCUT2D eigenvalue weighted by atomic mass is 10.1. The maximum Gasteiger partial charge on any atom is 0.181 e. The minimum absolute atomic E-state index is 0.541. The number of nitrogens with zero attached hydrogens (tertiary/aromatic N) is 2. The number of benzene rings is 1. The molecule has 1 heterocycles. The van der Waals surface area contributed by atoms with Gasteiger partial charge in [0.2, 0.25) is 0 Å². The Morgan fingerprint density at radius 1 is 1.30 bits per heavy atom. The number of aromatic amines is 1. The molecule has 20 heavy (non-hydrogen) atoms. The number of hydrogen-bond donors (Lipinski definition) is 2. The normalized spacial score (nSPS) is 12.3. The third kappa shape index (κ3) is 3.83. The monoisotopic (exact) mass is 272 g/mol. The van der Waals surface area contributed by atoms with Gasteiger partial charge in [-0.2, -0.15) is 5.10 Å². The summed E-state index contributed by atoms with van der Waals surface area (Å²) in [4.78, 5) is 4.38. The van der Waals surface area contributed by atoms with Crippen molar-refractivity contribution in [3.05, 3.63) is 30.1 Å². The van der Waals surface area contributed by atoms with E-state index in [2.05, 4.69) is 52.5 Å². The predicted molar refractivity (Wildman–Crippen MR) is 83.8 cm³/mol. The molecule has 0 radical (unpaired) electrons. The molecule has 0 saturated heterocycles. The first kappa shape index (κ1) is 14.6. The summed E-state index contributed by atoms with van der Waals surface area (Å²) in [7, 11) is 0. The SMILES string of the molecule is CCCCC(CC)Nc1cccc(-c2n[nH]c(C)n2)c1. The number of anilines is 1. The summed E-state index contributed by atoms with van der Waals surface area (Å²) in [5, 5.41) is 10.7. The Hall–Kier alpha value is -1.84. The quantitative estimate of drug-likeness (QED) is 0.795. The average molecular weight is 272 g/mol. The van der Waals surface area contributed by atoms with Crippen molar-refractivity contribution in [2.45, 2.75) is 52.5 Å². The van der Waals surface area contributed by atoms with E-state index in [0.29, 0.717) is 6.04 Å². The Morgan fingerprint density at radius 3 is 2.80 bits per heavy atom. The molecule has 1 aromatic carbocycles. The van der Waals surface area contributed by atoms with Crippen LogP contribution in [0.4, 0.5) is 5.69 Å². The Kier molecular flexibility index (Phi) is 5.16. The second kappa shape index (κ2) is 7.08. The van der Waals surface area contributed by atoms with E-state index >= 15 is 0 Å². The molecule has 1 aromatic heterocycles. The van der Waals surface area contributed by atoms with Gasteiger partial charge in [0, 0.05) is 17.3 Å². The smallest absolute Gasteiger partial charge is 0.181 e. The molecule has 4 nitrogen and oxygen atoms in total. The van der Waals surface area contributed by atoms with Gasteiger partial charge in [-0.1, -0.05) is 38.8 Å². The van der Waals surface area contributed by atoms with E-state index in [0.717, 1.165) is 29.3 Å². The van der Waals surface area contributed by atoms with Crippen molar-refractivity contribution in [3.63, 3.8) is 0 Å². The first-order valence-corrected chi connectivity index (χ1v) is 7.49. The molecule has 0 amide bonds. The zero-order chi connectivity index (χ0) is 14.4. The summed E-state index contributed by atoms with van der Waals surface area (Å²) in [6.45, 7) is 6.38. The summed E-state index contributed by atoms with van der Waals surface area (Å²) in [5.74, 6) is 1.60. The molecular formula is C16H24N4. The van der Waals surface area contributed by atoms with E-state index in [4.69, 9.17) is 0 Å². The zero-order valence-corrected chi connectivity index (χ0v) is 12.6. The predicted octanol–water partition coefficient (Wildman–Crippen LogP) is 4.16. The van der Waals surface area contributed by atoms with Crippen LogP contribution in [0, 0.1) is 6.92 Å². The Labute approximate surface area is 121 Å². The van der Waals surface area contributed by atoms with Gasteiger partial charge >= 0.3 is 0 Å². The van der Waals surface area contributed by atoms with E-state index in [-0.39, 0.29) is 0 Å². The molecule has 2 rings (SSSR count). The molecule has 2 N–H and O–H groups in total. The highest BCUT2D eigenvalue weighted by atomic mass is 15.2. The van der Waals surface area contributed by atoms with E-state index < -0.39 is 0 Å². The van der Waals surface area contributed by atoms with Crippen LogP contribution in [0.25, 0.3) is 11.4 Å². The lowest BCUT2D eigenvalue weighted by molar-refractivity contribution is 0.593. The number of aryl methyl sites for hydroxylation is 1. The number of H-pyrrole nitrogens is 1. The molecule has 0 saturated carbocycles. The standard InChI is InChI=1S/C16H24N4/c1-4-6-9-14(5-2)18-15-10-7-8-13(11-15)16-17-12(3)19-20-16/h7-8,10-11,14,18H,4-6,9H2,1-3H3,(H,17,19,20). The van der Waals surface area contributed by atoms with Gasteiger partial charge in [0.1, 0.15) is 5.82 Å². The van der Waals surface area contributed by atoms with Gasteiger partial charge in [-0.3, -0.25) is 5.10 Å². The van der Waals surface area contributed by atoms with Crippen LogP contribution in [0.2, 0.25) is 0 Å². The molecular weight excluding hydrogens is 248 g/mol. The highest BCUT2D eigenvalue weighted by Gasteiger charge is 2.08. The molecule has 1 atom stereocenters. The minimum Gasteiger partial charge on any atom is -0.382 e. The van der Waals surface area contributed by atoms with Gasteiger partial charge < -0.3 is 5.32 Å². The van der Waals surface area contributed by atoms with Crippen LogP contribution in [0.5, 0.6) is 0 Å². The lowest BCUT2D eigenvalue weighted by Gasteiger charge is -2.18. The number of aromatic nitrogens is 3. The van der Waals surface area contributed by atoms with Crippen molar-refractivity contribution >= 4 is 5.69 Å². The molecule has 108 valence electrons. The summed E-state index contributed by atoms with van der Waals surface area (Å²) in [6, 6.07) is 8.87. The molecule has 0 aliphatic carbocycles. The molecule has 1 unspecified atom stereocenters. The molecule has 0 aliphatic heterocycles. The van der Waals surface area contributed by atoms with Crippen LogP contribution in [0.15, 0.2) is 24.3 Å². The first-order valence-electron chi connectivity index (χ1n) is 7.49. The molecule has 2 aromatic rings. The van der Waals surface area contributed by atoms with Crippen LogP contribution in [-0.2, 0) is 0 Å². The van der Waals surface area contributed by atoms with Crippen LogP contribution in [-0.4, -0.2) is 21.2 Å². The van der Waals surface area contributed by atoms with Crippen molar-refractivity contribution < 1.29 is 0 Å². The Morgan fingerprint density at radius 2 is 2.15 bits per heavy atom. The third-order valence-electron chi connectivity index (χ3n) is 3.49. The summed E-state index contributed by atoms with van der Waals surface area (Å²) in [6.07, 6.45) is 4.88. The first-order chi connectivity index (χ1) is 9.72. The minimum atomic E-state index is 0.541. The van der Waals surface area contributed by atoms with Gasteiger partial charge in [0.25, 0.3) is 0 Å². The van der Waals surface area contributed by atoms with Gasteiger partial charge in [-0.15, -0.1) is 0 Å². The highest BCUT2D eigenvalue weighted by molar-refractivity contribution is 5.62. The number of nitrogens with one attached hydrogen (secondary N) is 2. The van der Waals surface area contributed by atoms with Crippen LogP contribution < -0.4 is 5.32 Å². The van der Waals surface area contributed by atoms with Crippen LogP contribution in [0.3, 0.4) is 0 Å². The topological polar surface area (TPSA) is 53.6 Å². The average Bonchev–Trinajstić information content (AvgIpc) is 2.90. The zero-order valence-electron chi connectivity index (χ0n) is 12.6. The number of unbranched alkanes of at least 4 members (excludes halogenated alkanes) is 1. The molecule has 0 aliphatic rings. The maximum absolute atomic E-state index is 4.38.